The van der Waals surface area contributed by atoms with Crippen molar-refractivity contribution in [3.8, 4) is 0 Å². The number of carbonyl (C=O) groups is 1. The summed E-state index contributed by atoms with van der Waals surface area (Å²) in [6, 6.07) is 11.1. The van der Waals surface area contributed by atoms with Crippen LogP contribution in [0.5, 0.6) is 0 Å². The fraction of sp³-hybridized carbons (Fsp3) is 0.611. The standard InChI is InChI=1S/C18H26N2O/c1-18(2)14-19(13-15-7-4-3-5-8-15)12-10-16(18)20-11-6-9-17(20)21/h3-5,7-8,16H,6,9-14H2,1-2H3. The van der Waals surface area contributed by atoms with Crippen molar-refractivity contribution in [2.24, 2.45) is 5.41 Å². The lowest BCUT2D eigenvalue weighted by atomic mass is 9.78. The molecule has 0 N–H and O–H groups in total. The van der Waals surface area contributed by atoms with Crippen LogP contribution in [0.25, 0.3) is 0 Å². The molecule has 1 amide bonds. The average Bonchev–Trinajstić information content (AvgIpc) is 2.85. The Kier molecular flexibility index (Phi) is 4.03. The molecule has 2 saturated heterocycles. The highest BCUT2D eigenvalue weighted by atomic mass is 16.2. The quantitative estimate of drug-likeness (QED) is 0.853. The maximum atomic E-state index is 12.0. The van der Waals surface area contributed by atoms with E-state index in [0.717, 1.165) is 45.4 Å². The minimum Gasteiger partial charge on any atom is -0.339 e. The fourth-order valence-corrected chi connectivity index (χ4v) is 4.01. The van der Waals surface area contributed by atoms with Crippen LogP contribution in [0.4, 0.5) is 0 Å². The first-order valence-corrected chi connectivity index (χ1v) is 8.12. The topological polar surface area (TPSA) is 23.6 Å². The van der Waals surface area contributed by atoms with Crippen LogP contribution in [-0.4, -0.2) is 41.4 Å². The zero-order chi connectivity index (χ0) is 14.9. The number of amides is 1. The lowest BCUT2D eigenvalue weighted by Crippen LogP contribution is -2.55. The van der Waals surface area contributed by atoms with E-state index in [2.05, 4.69) is 54.0 Å². The van der Waals surface area contributed by atoms with Gasteiger partial charge in [-0.05, 0) is 23.8 Å². The van der Waals surface area contributed by atoms with Crippen LogP contribution >= 0.6 is 0 Å². The van der Waals surface area contributed by atoms with Crippen LogP contribution in [0.3, 0.4) is 0 Å². The second-order valence-electron chi connectivity index (χ2n) is 7.18. The molecule has 2 heterocycles. The third-order valence-corrected chi connectivity index (χ3v) is 4.99. The smallest absolute Gasteiger partial charge is 0.222 e. The van der Waals surface area contributed by atoms with Crippen LogP contribution in [0.15, 0.2) is 30.3 Å². The van der Waals surface area contributed by atoms with Crippen molar-refractivity contribution >= 4 is 5.91 Å². The predicted octanol–water partition coefficient (Wildman–Crippen LogP) is 2.91. The summed E-state index contributed by atoms with van der Waals surface area (Å²) in [7, 11) is 0. The highest BCUT2D eigenvalue weighted by Gasteiger charge is 2.42. The number of nitrogens with zero attached hydrogens (tertiary/aromatic N) is 2. The van der Waals surface area contributed by atoms with Crippen molar-refractivity contribution in [2.45, 2.75) is 45.7 Å². The number of piperidine rings is 1. The molecule has 2 fully saturated rings. The van der Waals surface area contributed by atoms with Gasteiger partial charge in [-0.25, -0.2) is 0 Å². The Balaban J connectivity index is 1.65. The molecule has 3 heteroatoms. The van der Waals surface area contributed by atoms with Crippen molar-refractivity contribution in [2.75, 3.05) is 19.6 Å². The van der Waals surface area contributed by atoms with E-state index in [9.17, 15) is 4.79 Å². The molecule has 3 nitrogen and oxygen atoms in total. The van der Waals surface area contributed by atoms with E-state index < -0.39 is 0 Å². The van der Waals surface area contributed by atoms with Crippen molar-refractivity contribution in [3.05, 3.63) is 35.9 Å². The number of carbonyl (C=O) groups excluding carboxylic acids is 1. The highest BCUT2D eigenvalue weighted by molar-refractivity contribution is 5.78. The van der Waals surface area contributed by atoms with Gasteiger partial charge in [-0.2, -0.15) is 0 Å². The number of hydrogen-bond acceptors (Lipinski definition) is 2. The minimum absolute atomic E-state index is 0.174. The third kappa shape index (κ3) is 3.13. The fourth-order valence-electron chi connectivity index (χ4n) is 4.01. The molecular weight excluding hydrogens is 260 g/mol. The van der Waals surface area contributed by atoms with Crippen molar-refractivity contribution in [1.82, 2.24) is 9.80 Å². The van der Waals surface area contributed by atoms with Gasteiger partial charge in [0.1, 0.15) is 0 Å². The molecular formula is C18H26N2O. The van der Waals surface area contributed by atoms with Crippen LogP contribution in [0.2, 0.25) is 0 Å². The normalized spacial score (nSPS) is 26.3. The van der Waals surface area contributed by atoms with Gasteiger partial charge >= 0.3 is 0 Å². The molecule has 3 rings (SSSR count). The van der Waals surface area contributed by atoms with Gasteiger partial charge in [-0.1, -0.05) is 44.2 Å². The number of benzene rings is 1. The Hall–Kier alpha value is -1.35. The lowest BCUT2D eigenvalue weighted by molar-refractivity contribution is -0.134. The Morgan fingerprint density at radius 3 is 2.57 bits per heavy atom. The molecule has 1 atom stereocenters. The van der Waals surface area contributed by atoms with E-state index in [1.165, 1.54) is 5.56 Å². The molecule has 0 saturated carbocycles. The van der Waals surface area contributed by atoms with E-state index in [1.54, 1.807) is 0 Å². The first kappa shape index (κ1) is 14.6. The van der Waals surface area contributed by atoms with Crippen LogP contribution in [-0.2, 0) is 11.3 Å². The first-order chi connectivity index (χ1) is 10.1. The molecule has 0 radical (unpaired) electrons. The maximum absolute atomic E-state index is 12.0. The van der Waals surface area contributed by atoms with Crippen molar-refractivity contribution in [3.63, 3.8) is 0 Å². The molecule has 0 aliphatic carbocycles. The van der Waals surface area contributed by atoms with Crippen LogP contribution in [0, 0.1) is 5.41 Å². The minimum atomic E-state index is 0.174. The molecule has 114 valence electrons. The van der Waals surface area contributed by atoms with Crippen LogP contribution < -0.4 is 0 Å². The van der Waals surface area contributed by atoms with E-state index in [0.29, 0.717) is 11.9 Å². The molecule has 0 spiro atoms. The van der Waals surface area contributed by atoms with Gasteiger partial charge < -0.3 is 4.90 Å². The average molecular weight is 286 g/mol. The van der Waals surface area contributed by atoms with Gasteiger partial charge in [0.15, 0.2) is 0 Å². The van der Waals surface area contributed by atoms with Gasteiger partial charge in [-0.15, -0.1) is 0 Å². The van der Waals surface area contributed by atoms with Crippen molar-refractivity contribution < 1.29 is 4.79 Å². The number of likely N-dealkylation sites (tertiary alicyclic amines) is 2. The highest BCUT2D eigenvalue weighted by Crippen LogP contribution is 2.35. The van der Waals surface area contributed by atoms with E-state index in [-0.39, 0.29) is 5.41 Å². The summed E-state index contributed by atoms with van der Waals surface area (Å²) in [5.74, 6) is 0.365. The maximum Gasteiger partial charge on any atom is 0.222 e. The van der Waals surface area contributed by atoms with Gasteiger partial charge in [0.2, 0.25) is 5.91 Å². The SMILES string of the molecule is CC1(C)CN(Cc2ccccc2)CCC1N1CCCC1=O. The molecule has 1 unspecified atom stereocenters. The summed E-state index contributed by atoms with van der Waals surface area (Å²) in [6.45, 7) is 8.78. The predicted molar refractivity (Wildman–Crippen MR) is 84.9 cm³/mol. The Morgan fingerprint density at radius 1 is 1.19 bits per heavy atom. The first-order valence-electron chi connectivity index (χ1n) is 8.12. The molecule has 1 aromatic carbocycles. The largest absolute Gasteiger partial charge is 0.339 e. The Bertz CT molecular complexity index is 497. The second kappa shape index (κ2) is 5.80. The molecule has 2 aliphatic rings. The van der Waals surface area contributed by atoms with Gasteiger partial charge in [0.25, 0.3) is 0 Å². The molecule has 21 heavy (non-hydrogen) atoms. The zero-order valence-electron chi connectivity index (χ0n) is 13.2. The summed E-state index contributed by atoms with van der Waals surface area (Å²) < 4.78 is 0. The van der Waals surface area contributed by atoms with Gasteiger partial charge in [0.05, 0.1) is 0 Å². The second-order valence-corrected chi connectivity index (χ2v) is 7.18. The number of hydrogen-bond donors (Lipinski definition) is 0. The molecule has 1 aromatic rings. The molecule has 0 bridgehead atoms. The van der Waals surface area contributed by atoms with Gasteiger partial charge in [0, 0.05) is 38.6 Å². The third-order valence-electron chi connectivity index (χ3n) is 4.99. The summed E-state index contributed by atoms with van der Waals surface area (Å²) in [4.78, 5) is 16.7. The molecule has 2 aliphatic heterocycles. The zero-order valence-corrected chi connectivity index (χ0v) is 13.2. The van der Waals surface area contributed by atoms with Gasteiger partial charge in [-0.3, -0.25) is 9.69 Å². The van der Waals surface area contributed by atoms with E-state index in [4.69, 9.17) is 0 Å². The van der Waals surface area contributed by atoms with Crippen LogP contribution in [0.1, 0.15) is 38.7 Å². The summed E-state index contributed by atoms with van der Waals surface area (Å²) in [5.41, 5.74) is 1.55. The number of rotatable bonds is 3. The van der Waals surface area contributed by atoms with Crippen molar-refractivity contribution in [1.29, 1.82) is 0 Å². The summed E-state index contributed by atoms with van der Waals surface area (Å²) in [6.07, 6.45) is 2.89. The summed E-state index contributed by atoms with van der Waals surface area (Å²) >= 11 is 0. The lowest BCUT2D eigenvalue weighted by Gasteiger charge is -2.48. The Morgan fingerprint density at radius 2 is 1.95 bits per heavy atom. The monoisotopic (exact) mass is 286 g/mol. The Labute approximate surface area is 127 Å². The summed E-state index contributed by atoms with van der Waals surface area (Å²) in [5, 5.41) is 0. The molecule has 0 aromatic heterocycles. The van der Waals surface area contributed by atoms with E-state index >= 15 is 0 Å². The van der Waals surface area contributed by atoms with E-state index in [1.807, 2.05) is 0 Å².